The van der Waals surface area contributed by atoms with E-state index >= 15 is 0 Å². The van der Waals surface area contributed by atoms with E-state index in [-0.39, 0.29) is 24.4 Å². The molecule has 0 bridgehead atoms. The van der Waals surface area contributed by atoms with Crippen LogP contribution in [0.15, 0.2) is 18.2 Å². The molecule has 4 nitrogen and oxygen atoms in total. The third-order valence-electron chi connectivity index (χ3n) is 2.94. The Morgan fingerprint density at radius 1 is 1.47 bits per heavy atom. The van der Waals surface area contributed by atoms with Crippen LogP contribution in [0.5, 0.6) is 0 Å². The lowest BCUT2D eigenvalue weighted by Crippen LogP contribution is -2.34. The maximum absolute atomic E-state index is 12.9. The molecule has 1 aliphatic rings. The molecule has 104 valence electrons. The van der Waals surface area contributed by atoms with Gasteiger partial charge in [0.15, 0.2) is 0 Å². The molecule has 0 aliphatic carbocycles. The Bertz CT molecular complexity index is 450. The molecular formula is C13H16FIN2O2. The van der Waals surface area contributed by atoms with Gasteiger partial charge in [0.1, 0.15) is 12.4 Å². The number of halogens is 2. The number of anilines is 1. The molecule has 2 rings (SSSR count). The van der Waals surface area contributed by atoms with Crippen LogP contribution in [-0.4, -0.2) is 31.7 Å². The minimum atomic E-state index is -0.312. The van der Waals surface area contributed by atoms with Gasteiger partial charge in [-0.15, -0.1) is 0 Å². The largest absolute Gasteiger partial charge is 0.368 e. The summed E-state index contributed by atoms with van der Waals surface area (Å²) in [5.41, 5.74) is 0.612. The summed E-state index contributed by atoms with van der Waals surface area (Å²) in [4.78, 5) is 11.7. The van der Waals surface area contributed by atoms with Gasteiger partial charge in [-0.1, -0.05) is 0 Å². The van der Waals surface area contributed by atoms with Crippen LogP contribution in [0.2, 0.25) is 0 Å². The van der Waals surface area contributed by atoms with Crippen LogP contribution in [0, 0.1) is 9.39 Å². The summed E-state index contributed by atoms with van der Waals surface area (Å²) < 4.78 is 19.2. The van der Waals surface area contributed by atoms with Crippen LogP contribution in [0.4, 0.5) is 10.1 Å². The molecule has 1 aliphatic heterocycles. The van der Waals surface area contributed by atoms with Gasteiger partial charge in [0.2, 0.25) is 5.91 Å². The molecule has 0 aromatic heterocycles. The first-order chi connectivity index (χ1) is 9.15. The van der Waals surface area contributed by atoms with Crippen LogP contribution in [0.1, 0.15) is 12.8 Å². The zero-order valence-corrected chi connectivity index (χ0v) is 12.6. The van der Waals surface area contributed by atoms with Gasteiger partial charge < -0.3 is 15.4 Å². The van der Waals surface area contributed by atoms with Crippen molar-refractivity contribution in [3.8, 4) is 0 Å². The summed E-state index contributed by atoms with van der Waals surface area (Å²) in [6.07, 6.45) is 2.02. The van der Waals surface area contributed by atoms with Crippen molar-refractivity contribution in [3.63, 3.8) is 0 Å². The second-order valence-corrected chi connectivity index (χ2v) is 5.59. The van der Waals surface area contributed by atoms with E-state index in [4.69, 9.17) is 4.74 Å². The van der Waals surface area contributed by atoms with Crippen molar-refractivity contribution < 1.29 is 13.9 Å². The normalized spacial score (nSPS) is 16.3. The molecule has 0 saturated carbocycles. The molecular weight excluding hydrogens is 362 g/mol. The first-order valence-corrected chi connectivity index (χ1v) is 7.30. The summed E-state index contributed by atoms with van der Waals surface area (Å²) in [7, 11) is 0. The van der Waals surface area contributed by atoms with E-state index in [1.54, 1.807) is 6.07 Å². The van der Waals surface area contributed by atoms with Gasteiger partial charge in [-0.25, -0.2) is 4.39 Å². The molecule has 19 heavy (non-hydrogen) atoms. The highest BCUT2D eigenvalue weighted by Gasteiger charge is 2.15. The van der Waals surface area contributed by atoms with Crippen LogP contribution in [0.3, 0.4) is 0 Å². The molecule has 6 heteroatoms. The lowest BCUT2D eigenvalue weighted by molar-refractivity contribution is -0.123. The number of amides is 1. The number of piperidine rings is 1. The van der Waals surface area contributed by atoms with Gasteiger partial charge in [-0.3, -0.25) is 4.79 Å². The van der Waals surface area contributed by atoms with Crippen LogP contribution in [-0.2, 0) is 9.53 Å². The van der Waals surface area contributed by atoms with Crippen molar-refractivity contribution in [2.24, 2.45) is 0 Å². The third kappa shape index (κ3) is 4.70. The third-order valence-corrected chi connectivity index (χ3v) is 3.83. The summed E-state index contributed by atoms with van der Waals surface area (Å²) in [6, 6.07) is 4.26. The average Bonchev–Trinajstić information content (AvgIpc) is 2.41. The number of hydrogen-bond donors (Lipinski definition) is 2. The Kier molecular flexibility index (Phi) is 5.53. The number of ether oxygens (including phenoxy) is 1. The van der Waals surface area contributed by atoms with Crippen molar-refractivity contribution in [1.29, 1.82) is 0 Å². The molecule has 0 atom stereocenters. The topological polar surface area (TPSA) is 50.4 Å². The number of carbonyl (C=O) groups is 1. The SMILES string of the molecule is O=C(COC1CCNCC1)Nc1ccc(F)cc1I. The smallest absolute Gasteiger partial charge is 0.250 e. The molecule has 1 fully saturated rings. The van der Waals surface area contributed by atoms with Gasteiger partial charge in [0.05, 0.1) is 11.8 Å². The summed E-state index contributed by atoms with van der Waals surface area (Å²) >= 11 is 1.99. The second-order valence-electron chi connectivity index (χ2n) is 4.43. The predicted molar refractivity (Wildman–Crippen MR) is 79.6 cm³/mol. The quantitative estimate of drug-likeness (QED) is 0.790. The van der Waals surface area contributed by atoms with Crippen LogP contribution < -0.4 is 10.6 Å². The van der Waals surface area contributed by atoms with E-state index in [2.05, 4.69) is 10.6 Å². The molecule has 2 N–H and O–H groups in total. The molecule has 0 spiro atoms. The fraction of sp³-hybridized carbons (Fsp3) is 0.462. The zero-order chi connectivity index (χ0) is 13.7. The van der Waals surface area contributed by atoms with E-state index in [0.717, 1.165) is 25.9 Å². The van der Waals surface area contributed by atoms with Crippen molar-refractivity contribution in [3.05, 3.63) is 27.6 Å². The summed E-state index contributed by atoms with van der Waals surface area (Å²) in [5.74, 6) is -0.517. The highest BCUT2D eigenvalue weighted by atomic mass is 127. The Balaban J connectivity index is 1.80. The molecule has 1 heterocycles. The molecule has 0 radical (unpaired) electrons. The average molecular weight is 378 g/mol. The molecule has 1 aromatic carbocycles. The number of carbonyl (C=O) groups excluding carboxylic acids is 1. The van der Waals surface area contributed by atoms with E-state index in [1.807, 2.05) is 22.6 Å². The Labute approximate surface area is 125 Å². The number of benzene rings is 1. The number of hydrogen-bond acceptors (Lipinski definition) is 3. The van der Waals surface area contributed by atoms with Crippen molar-refractivity contribution >= 4 is 34.2 Å². The Hall–Kier alpha value is -0.730. The summed E-state index contributed by atoms with van der Waals surface area (Å²) in [6.45, 7) is 1.91. The van der Waals surface area contributed by atoms with E-state index in [1.165, 1.54) is 12.1 Å². The first-order valence-electron chi connectivity index (χ1n) is 6.22. The van der Waals surface area contributed by atoms with Crippen LogP contribution >= 0.6 is 22.6 Å². The maximum atomic E-state index is 12.9. The van der Waals surface area contributed by atoms with E-state index < -0.39 is 0 Å². The minimum Gasteiger partial charge on any atom is -0.368 e. The van der Waals surface area contributed by atoms with E-state index in [9.17, 15) is 9.18 Å². The molecule has 1 amide bonds. The summed E-state index contributed by atoms with van der Waals surface area (Å²) in [5, 5.41) is 5.96. The maximum Gasteiger partial charge on any atom is 0.250 e. The minimum absolute atomic E-state index is 0.0398. The van der Waals surface area contributed by atoms with Crippen molar-refractivity contribution in [2.45, 2.75) is 18.9 Å². The second kappa shape index (κ2) is 7.16. The Morgan fingerprint density at radius 3 is 2.89 bits per heavy atom. The number of nitrogens with one attached hydrogen (secondary N) is 2. The van der Waals surface area contributed by atoms with Gasteiger partial charge in [-0.05, 0) is 66.7 Å². The standard InChI is InChI=1S/C13H16FIN2O2/c14-9-1-2-12(11(15)7-9)17-13(18)8-19-10-3-5-16-6-4-10/h1-2,7,10,16H,3-6,8H2,(H,17,18). The molecule has 1 aromatic rings. The fourth-order valence-electron chi connectivity index (χ4n) is 1.93. The predicted octanol–water partition coefficient (Wildman–Crippen LogP) is 2.14. The number of rotatable bonds is 4. The highest BCUT2D eigenvalue weighted by Crippen LogP contribution is 2.19. The van der Waals surface area contributed by atoms with Crippen molar-refractivity contribution in [1.82, 2.24) is 5.32 Å². The lowest BCUT2D eigenvalue weighted by atomic mass is 10.1. The molecule has 1 saturated heterocycles. The van der Waals surface area contributed by atoms with Gasteiger partial charge in [-0.2, -0.15) is 0 Å². The van der Waals surface area contributed by atoms with E-state index in [0.29, 0.717) is 9.26 Å². The first kappa shape index (κ1) is 14.7. The fourth-order valence-corrected chi connectivity index (χ4v) is 2.54. The Morgan fingerprint density at radius 2 is 2.21 bits per heavy atom. The highest BCUT2D eigenvalue weighted by molar-refractivity contribution is 14.1. The molecule has 0 unspecified atom stereocenters. The van der Waals surface area contributed by atoms with Gasteiger partial charge in [0.25, 0.3) is 0 Å². The van der Waals surface area contributed by atoms with Crippen LogP contribution in [0.25, 0.3) is 0 Å². The zero-order valence-electron chi connectivity index (χ0n) is 10.4. The lowest BCUT2D eigenvalue weighted by Gasteiger charge is -2.22. The van der Waals surface area contributed by atoms with Crippen molar-refractivity contribution in [2.75, 3.05) is 25.0 Å². The monoisotopic (exact) mass is 378 g/mol. The van der Waals surface area contributed by atoms with Gasteiger partial charge >= 0.3 is 0 Å². The van der Waals surface area contributed by atoms with Gasteiger partial charge in [0, 0.05) is 3.57 Å².